The van der Waals surface area contributed by atoms with Crippen molar-refractivity contribution in [3.63, 3.8) is 0 Å². The van der Waals surface area contributed by atoms with E-state index in [2.05, 4.69) is 0 Å². The van der Waals surface area contributed by atoms with E-state index < -0.39 is 11.6 Å². The molecule has 0 aliphatic carbocycles. The van der Waals surface area contributed by atoms with Crippen LogP contribution in [0.15, 0.2) is 42.5 Å². The van der Waals surface area contributed by atoms with Gasteiger partial charge in [0, 0.05) is 0 Å². The van der Waals surface area contributed by atoms with Crippen molar-refractivity contribution in [1.29, 1.82) is 0 Å². The fourth-order valence-corrected chi connectivity index (χ4v) is 1.71. The van der Waals surface area contributed by atoms with Crippen LogP contribution in [0.4, 0.5) is 8.78 Å². The van der Waals surface area contributed by atoms with Gasteiger partial charge in [0.1, 0.15) is 0 Å². The Labute approximate surface area is 111 Å². The lowest BCUT2D eigenvalue weighted by Gasteiger charge is -2.04. The van der Waals surface area contributed by atoms with Gasteiger partial charge in [0.25, 0.3) is 0 Å². The van der Waals surface area contributed by atoms with E-state index in [-0.39, 0.29) is 12.4 Å². The van der Waals surface area contributed by atoms with Crippen molar-refractivity contribution in [1.82, 2.24) is 0 Å². The third-order valence-electron chi connectivity index (χ3n) is 2.64. The predicted molar refractivity (Wildman–Crippen MR) is 71.8 cm³/mol. The maximum Gasteiger partial charge on any atom is 0.159 e. The minimum Gasteiger partial charge on any atom is -0.330 e. The van der Waals surface area contributed by atoms with Crippen LogP contribution < -0.4 is 5.73 Å². The minimum atomic E-state index is -0.825. The molecule has 2 aromatic rings. The van der Waals surface area contributed by atoms with Gasteiger partial charge in [0.05, 0.1) is 0 Å². The molecule has 0 amide bonds. The quantitative estimate of drug-likeness (QED) is 0.906. The van der Waals surface area contributed by atoms with E-state index in [4.69, 9.17) is 5.73 Å². The van der Waals surface area contributed by atoms with Crippen LogP contribution in [-0.4, -0.2) is 6.54 Å². The molecular formula is C14H14ClF2N. The molecule has 96 valence electrons. The number of rotatable bonds is 3. The van der Waals surface area contributed by atoms with Gasteiger partial charge in [-0.3, -0.25) is 0 Å². The Bertz CT molecular complexity index is 512. The largest absolute Gasteiger partial charge is 0.330 e. The number of halogens is 3. The van der Waals surface area contributed by atoms with Crippen molar-refractivity contribution in [2.45, 2.75) is 6.42 Å². The van der Waals surface area contributed by atoms with Crippen molar-refractivity contribution in [2.24, 2.45) is 5.73 Å². The Balaban J connectivity index is 0.00000162. The molecule has 1 nitrogen and oxygen atoms in total. The zero-order valence-electron chi connectivity index (χ0n) is 9.70. The lowest BCUT2D eigenvalue weighted by molar-refractivity contribution is 0.509. The molecule has 2 N–H and O–H groups in total. The first-order chi connectivity index (χ1) is 8.20. The summed E-state index contributed by atoms with van der Waals surface area (Å²) in [5.41, 5.74) is 8.13. The smallest absolute Gasteiger partial charge is 0.159 e. The van der Waals surface area contributed by atoms with Gasteiger partial charge in [0.2, 0.25) is 0 Å². The summed E-state index contributed by atoms with van der Waals surface area (Å²) in [6.07, 6.45) is 0.818. The first-order valence-electron chi connectivity index (χ1n) is 5.45. The van der Waals surface area contributed by atoms with Gasteiger partial charge in [-0.15, -0.1) is 12.4 Å². The molecule has 0 fully saturated rings. The molecule has 0 spiro atoms. The maximum atomic E-state index is 13.1. The summed E-state index contributed by atoms with van der Waals surface area (Å²) < 4.78 is 25.9. The van der Waals surface area contributed by atoms with Crippen LogP contribution in [0.5, 0.6) is 0 Å². The monoisotopic (exact) mass is 269 g/mol. The van der Waals surface area contributed by atoms with Crippen molar-refractivity contribution in [2.75, 3.05) is 6.54 Å². The second-order valence-electron chi connectivity index (χ2n) is 3.86. The fourth-order valence-electron chi connectivity index (χ4n) is 1.71. The van der Waals surface area contributed by atoms with E-state index in [1.54, 1.807) is 6.07 Å². The van der Waals surface area contributed by atoms with E-state index in [0.29, 0.717) is 12.1 Å². The fraction of sp³-hybridized carbons (Fsp3) is 0.143. The summed E-state index contributed by atoms with van der Waals surface area (Å²) in [4.78, 5) is 0. The Morgan fingerprint density at radius 1 is 0.833 bits per heavy atom. The van der Waals surface area contributed by atoms with Gasteiger partial charge < -0.3 is 5.73 Å². The van der Waals surface area contributed by atoms with Crippen molar-refractivity contribution in [3.8, 4) is 11.1 Å². The SMILES string of the molecule is Cl.NCCc1ccc(-c2ccc(F)c(F)c2)cc1. The van der Waals surface area contributed by atoms with Gasteiger partial charge in [-0.2, -0.15) is 0 Å². The highest BCUT2D eigenvalue weighted by Gasteiger charge is 2.04. The highest BCUT2D eigenvalue weighted by Crippen LogP contribution is 2.21. The topological polar surface area (TPSA) is 26.0 Å². The lowest BCUT2D eigenvalue weighted by atomic mass is 10.0. The van der Waals surface area contributed by atoms with Crippen molar-refractivity contribution >= 4 is 12.4 Å². The molecule has 2 aromatic carbocycles. The number of nitrogens with two attached hydrogens (primary N) is 1. The van der Waals surface area contributed by atoms with Gasteiger partial charge in [-0.1, -0.05) is 30.3 Å². The average Bonchev–Trinajstić information content (AvgIpc) is 2.34. The molecule has 0 heterocycles. The Hall–Kier alpha value is -1.45. The molecule has 0 saturated carbocycles. The first kappa shape index (κ1) is 14.6. The van der Waals surface area contributed by atoms with E-state index in [0.717, 1.165) is 23.6 Å². The molecule has 0 atom stereocenters. The van der Waals surface area contributed by atoms with Gasteiger partial charge in [-0.05, 0) is 41.8 Å². The summed E-state index contributed by atoms with van der Waals surface area (Å²) in [5.74, 6) is -1.65. The number of benzene rings is 2. The van der Waals surface area contributed by atoms with Crippen LogP contribution in [0, 0.1) is 11.6 Å². The second kappa shape index (κ2) is 6.47. The van der Waals surface area contributed by atoms with Crippen LogP contribution in [0.1, 0.15) is 5.56 Å². The molecule has 0 radical (unpaired) electrons. The summed E-state index contributed by atoms with van der Waals surface area (Å²) in [6.45, 7) is 0.602. The summed E-state index contributed by atoms with van der Waals surface area (Å²) >= 11 is 0. The van der Waals surface area contributed by atoms with Gasteiger partial charge >= 0.3 is 0 Å². The molecule has 0 aromatic heterocycles. The zero-order chi connectivity index (χ0) is 12.3. The maximum absolute atomic E-state index is 13.1. The van der Waals surface area contributed by atoms with E-state index in [1.807, 2.05) is 24.3 Å². The number of hydrogen-bond acceptors (Lipinski definition) is 1. The van der Waals surface area contributed by atoms with Crippen LogP contribution in [-0.2, 0) is 6.42 Å². The Morgan fingerprint density at radius 2 is 1.44 bits per heavy atom. The van der Waals surface area contributed by atoms with Gasteiger partial charge in [-0.25, -0.2) is 8.78 Å². The van der Waals surface area contributed by atoms with E-state index in [9.17, 15) is 8.78 Å². The molecule has 0 aliphatic heterocycles. The van der Waals surface area contributed by atoms with Gasteiger partial charge in [0.15, 0.2) is 11.6 Å². The highest BCUT2D eigenvalue weighted by molar-refractivity contribution is 5.85. The molecule has 0 aliphatic rings. The predicted octanol–water partition coefficient (Wildman–Crippen LogP) is 3.55. The molecule has 0 unspecified atom stereocenters. The van der Waals surface area contributed by atoms with Crippen molar-refractivity contribution in [3.05, 3.63) is 59.7 Å². The minimum absolute atomic E-state index is 0. The molecule has 18 heavy (non-hydrogen) atoms. The van der Waals surface area contributed by atoms with Crippen LogP contribution in [0.3, 0.4) is 0 Å². The van der Waals surface area contributed by atoms with E-state index in [1.165, 1.54) is 6.07 Å². The highest BCUT2D eigenvalue weighted by atomic mass is 35.5. The lowest BCUT2D eigenvalue weighted by Crippen LogP contribution is -2.02. The summed E-state index contributed by atoms with van der Waals surface area (Å²) in [6, 6.07) is 11.6. The van der Waals surface area contributed by atoms with Crippen LogP contribution >= 0.6 is 12.4 Å². The normalized spacial score (nSPS) is 9.94. The second-order valence-corrected chi connectivity index (χ2v) is 3.86. The summed E-state index contributed by atoms with van der Waals surface area (Å²) in [7, 11) is 0. The molecule has 0 bridgehead atoms. The summed E-state index contributed by atoms with van der Waals surface area (Å²) in [5, 5.41) is 0. The third-order valence-corrected chi connectivity index (χ3v) is 2.64. The number of hydrogen-bond donors (Lipinski definition) is 1. The standard InChI is InChI=1S/C14H13F2N.ClH/c15-13-6-5-12(9-14(13)16)11-3-1-10(2-4-11)7-8-17;/h1-6,9H,7-8,17H2;1H. The van der Waals surface area contributed by atoms with Crippen LogP contribution in [0.2, 0.25) is 0 Å². The molecule has 4 heteroatoms. The van der Waals surface area contributed by atoms with Crippen LogP contribution in [0.25, 0.3) is 11.1 Å². The Morgan fingerprint density at radius 3 is 2.00 bits per heavy atom. The molecule has 2 rings (SSSR count). The van der Waals surface area contributed by atoms with Crippen molar-refractivity contribution < 1.29 is 8.78 Å². The third kappa shape index (κ3) is 3.28. The van der Waals surface area contributed by atoms with E-state index >= 15 is 0 Å². The average molecular weight is 270 g/mol. The first-order valence-corrected chi connectivity index (χ1v) is 5.45. The Kier molecular flexibility index (Phi) is 5.25. The zero-order valence-corrected chi connectivity index (χ0v) is 10.5. The molecular weight excluding hydrogens is 256 g/mol. The molecule has 0 saturated heterocycles.